The van der Waals surface area contributed by atoms with E-state index in [4.69, 9.17) is 11.6 Å². The molecule has 1 aromatic carbocycles. The number of nitrogens with one attached hydrogen (secondary N) is 1. The Labute approximate surface area is 128 Å². The molecule has 1 heterocycles. The SMILES string of the molecule is Clc1ncc(Br)c(Nc2ccc(Br)cc2Br)n1. The van der Waals surface area contributed by atoms with Gasteiger partial charge in [0.15, 0.2) is 0 Å². The topological polar surface area (TPSA) is 37.8 Å². The van der Waals surface area contributed by atoms with Crippen LogP contribution in [0.25, 0.3) is 0 Å². The van der Waals surface area contributed by atoms with Gasteiger partial charge in [-0.25, -0.2) is 4.98 Å². The number of hydrogen-bond donors (Lipinski definition) is 1. The van der Waals surface area contributed by atoms with Gasteiger partial charge in [-0.3, -0.25) is 0 Å². The zero-order valence-corrected chi connectivity index (χ0v) is 13.7. The lowest BCUT2D eigenvalue weighted by Crippen LogP contribution is -1.97. The number of aromatic nitrogens is 2. The standard InChI is InChI=1S/C10H5Br3ClN3/c11-5-1-2-8(6(12)3-5)16-9-7(13)4-15-10(14)17-9/h1-4H,(H,15,16,17). The van der Waals surface area contributed by atoms with Gasteiger partial charge in [0.05, 0.1) is 10.2 Å². The first-order valence-electron chi connectivity index (χ1n) is 4.46. The van der Waals surface area contributed by atoms with Crippen molar-refractivity contribution in [2.75, 3.05) is 5.32 Å². The van der Waals surface area contributed by atoms with E-state index in [2.05, 4.69) is 63.1 Å². The van der Waals surface area contributed by atoms with E-state index >= 15 is 0 Å². The molecule has 0 spiro atoms. The lowest BCUT2D eigenvalue weighted by molar-refractivity contribution is 1.15. The van der Waals surface area contributed by atoms with Gasteiger partial charge in [0, 0.05) is 15.1 Å². The molecule has 0 atom stereocenters. The summed E-state index contributed by atoms with van der Waals surface area (Å²) < 4.78 is 2.67. The maximum atomic E-state index is 5.75. The molecule has 7 heteroatoms. The average molecular weight is 442 g/mol. The van der Waals surface area contributed by atoms with Crippen molar-refractivity contribution in [3.63, 3.8) is 0 Å². The zero-order chi connectivity index (χ0) is 12.4. The summed E-state index contributed by atoms with van der Waals surface area (Å²) in [7, 11) is 0. The maximum Gasteiger partial charge on any atom is 0.224 e. The van der Waals surface area contributed by atoms with Crippen LogP contribution in [-0.2, 0) is 0 Å². The lowest BCUT2D eigenvalue weighted by atomic mass is 10.3. The fourth-order valence-electron chi connectivity index (χ4n) is 1.15. The second kappa shape index (κ2) is 5.65. The third-order valence-electron chi connectivity index (χ3n) is 1.90. The quantitative estimate of drug-likeness (QED) is 0.653. The van der Waals surface area contributed by atoms with Crippen LogP contribution in [0.3, 0.4) is 0 Å². The number of halogens is 4. The van der Waals surface area contributed by atoms with Gasteiger partial charge < -0.3 is 5.32 Å². The number of rotatable bonds is 2. The van der Waals surface area contributed by atoms with Gasteiger partial charge in [0.1, 0.15) is 5.82 Å². The Kier molecular flexibility index (Phi) is 4.41. The minimum Gasteiger partial charge on any atom is -0.338 e. The number of benzene rings is 1. The van der Waals surface area contributed by atoms with Gasteiger partial charge in [-0.2, -0.15) is 4.98 Å². The van der Waals surface area contributed by atoms with Crippen molar-refractivity contribution in [1.82, 2.24) is 9.97 Å². The van der Waals surface area contributed by atoms with E-state index in [9.17, 15) is 0 Å². The minimum atomic E-state index is 0.198. The third-order valence-corrected chi connectivity index (χ3v) is 3.81. The molecule has 0 aliphatic carbocycles. The highest BCUT2D eigenvalue weighted by molar-refractivity contribution is 9.11. The molecule has 1 N–H and O–H groups in total. The minimum absolute atomic E-state index is 0.198. The molecule has 1 aromatic heterocycles. The fraction of sp³-hybridized carbons (Fsp3) is 0. The Bertz CT molecular complexity index is 562. The fourth-order valence-corrected chi connectivity index (χ4v) is 2.72. The van der Waals surface area contributed by atoms with Gasteiger partial charge in [-0.15, -0.1) is 0 Å². The molecular weight excluding hydrogens is 437 g/mol. The summed E-state index contributed by atoms with van der Waals surface area (Å²) in [5.74, 6) is 0.619. The van der Waals surface area contributed by atoms with Crippen LogP contribution in [-0.4, -0.2) is 9.97 Å². The van der Waals surface area contributed by atoms with E-state index in [0.29, 0.717) is 5.82 Å². The summed E-state index contributed by atoms with van der Waals surface area (Å²) in [6.07, 6.45) is 1.60. The molecule has 0 aliphatic heterocycles. The third kappa shape index (κ3) is 3.40. The van der Waals surface area contributed by atoms with E-state index in [1.807, 2.05) is 18.2 Å². The van der Waals surface area contributed by atoms with Crippen LogP contribution in [0.15, 0.2) is 37.8 Å². The smallest absolute Gasteiger partial charge is 0.224 e. The number of hydrogen-bond acceptors (Lipinski definition) is 3. The molecule has 2 rings (SSSR count). The van der Waals surface area contributed by atoms with Crippen LogP contribution in [0, 0.1) is 0 Å². The molecule has 17 heavy (non-hydrogen) atoms. The average Bonchev–Trinajstić information content (AvgIpc) is 2.27. The molecule has 0 fully saturated rings. The van der Waals surface area contributed by atoms with Crippen LogP contribution < -0.4 is 5.32 Å². The Balaban J connectivity index is 2.34. The largest absolute Gasteiger partial charge is 0.338 e. The van der Waals surface area contributed by atoms with Crippen LogP contribution in [0.2, 0.25) is 5.28 Å². The lowest BCUT2D eigenvalue weighted by Gasteiger charge is -2.09. The number of anilines is 2. The van der Waals surface area contributed by atoms with Crippen molar-refractivity contribution in [2.24, 2.45) is 0 Å². The molecule has 0 bridgehead atoms. The Morgan fingerprint density at radius 3 is 2.59 bits per heavy atom. The summed E-state index contributed by atoms with van der Waals surface area (Å²) in [4.78, 5) is 7.96. The molecule has 3 nitrogen and oxygen atoms in total. The Morgan fingerprint density at radius 2 is 1.88 bits per heavy atom. The Morgan fingerprint density at radius 1 is 1.12 bits per heavy atom. The highest BCUT2D eigenvalue weighted by atomic mass is 79.9. The monoisotopic (exact) mass is 439 g/mol. The van der Waals surface area contributed by atoms with E-state index < -0.39 is 0 Å². The molecule has 88 valence electrons. The second-order valence-electron chi connectivity index (χ2n) is 3.08. The van der Waals surface area contributed by atoms with Gasteiger partial charge in [0.2, 0.25) is 5.28 Å². The summed E-state index contributed by atoms with van der Waals surface area (Å²) >= 11 is 16.0. The summed E-state index contributed by atoms with van der Waals surface area (Å²) in [5, 5.41) is 3.36. The molecule has 0 unspecified atom stereocenters. The second-order valence-corrected chi connectivity index (χ2v) is 6.05. The number of nitrogens with zero attached hydrogens (tertiary/aromatic N) is 2. The molecule has 0 radical (unpaired) electrons. The van der Waals surface area contributed by atoms with Crippen molar-refractivity contribution >= 4 is 70.9 Å². The molecule has 0 saturated carbocycles. The molecule has 0 saturated heterocycles. The van der Waals surface area contributed by atoms with Crippen molar-refractivity contribution in [2.45, 2.75) is 0 Å². The van der Waals surface area contributed by atoms with Crippen LogP contribution >= 0.6 is 59.4 Å². The van der Waals surface area contributed by atoms with Crippen LogP contribution in [0.1, 0.15) is 0 Å². The van der Waals surface area contributed by atoms with E-state index in [-0.39, 0.29) is 5.28 Å². The van der Waals surface area contributed by atoms with Crippen molar-refractivity contribution < 1.29 is 0 Å². The highest BCUT2D eigenvalue weighted by Gasteiger charge is 2.06. The van der Waals surface area contributed by atoms with Crippen molar-refractivity contribution in [3.8, 4) is 0 Å². The summed E-state index contributed by atoms with van der Waals surface area (Å²) in [6.45, 7) is 0. The molecule has 0 amide bonds. The first kappa shape index (κ1) is 13.3. The molecular formula is C10H5Br3ClN3. The van der Waals surface area contributed by atoms with Crippen LogP contribution in [0.5, 0.6) is 0 Å². The zero-order valence-electron chi connectivity index (χ0n) is 8.22. The molecule has 0 aliphatic rings. The van der Waals surface area contributed by atoms with E-state index in [1.165, 1.54) is 0 Å². The molecule has 2 aromatic rings. The van der Waals surface area contributed by atoms with Crippen molar-refractivity contribution in [1.29, 1.82) is 0 Å². The predicted octanol–water partition coefficient (Wildman–Crippen LogP) is 5.16. The van der Waals surface area contributed by atoms with Gasteiger partial charge >= 0.3 is 0 Å². The predicted molar refractivity (Wildman–Crippen MR) is 79.9 cm³/mol. The first-order chi connectivity index (χ1) is 8.06. The van der Waals surface area contributed by atoms with E-state index in [0.717, 1.165) is 19.1 Å². The van der Waals surface area contributed by atoms with E-state index in [1.54, 1.807) is 6.20 Å². The first-order valence-corrected chi connectivity index (χ1v) is 7.22. The Hall–Kier alpha value is -0.170. The maximum absolute atomic E-state index is 5.75. The normalized spacial score (nSPS) is 10.4. The summed E-state index contributed by atoms with van der Waals surface area (Å²) in [6, 6.07) is 5.81. The van der Waals surface area contributed by atoms with Gasteiger partial charge in [-0.05, 0) is 61.7 Å². The van der Waals surface area contributed by atoms with Crippen LogP contribution in [0.4, 0.5) is 11.5 Å². The summed E-state index contributed by atoms with van der Waals surface area (Å²) in [5.41, 5.74) is 0.892. The van der Waals surface area contributed by atoms with Crippen molar-refractivity contribution in [3.05, 3.63) is 43.1 Å². The highest BCUT2D eigenvalue weighted by Crippen LogP contribution is 2.30. The van der Waals surface area contributed by atoms with Gasteiger partial charge in [-0.1, -0.05) is 15.9 Å². The van der Waals surface area contributed by atoms with Gasteiger partial charge in [0.25, 0.3) is 0 Å².